The fourth-order valence-electron chi connectivity index (χ4n) is 2.30. The van der Waals surface area contributed by atoms with Crippen LogP contribution in [0.25, 0.3) is 0 Å². The second kappa shape index (κ2) is 8.07. The van der Waals surface area contributed by atoms with Crippen molar-refractivity contribution in [3.63, 3.8) is 0 Å². The molecule has 1 heterocycles. The molecule has 2 atom stereocenters. The Bertz CT molecular complexity index is 588. The van der Waals surface area contributed by atoms with Gasteiger partial charge in [0, 0.05) is 19.6 Å². The molecule has 1 fully saturated rings. The minimum Gasteiger partial charge on any atom is -0.463 e. The van der Waals surface area contributed by atoms with Crippen molar-refractivity contribution in [3.8, 4) is 0 Å². The summed E-state index contributed by atoms with van der Waals surface area (Å²) in [5, 5.41) is 0. The zero-order chi connectivity index (χ0) is 21.1. The number of hydrogen-bond donors (Lipinski definition) is 0. The Labute approximate surface area is 151 Å². The molecule has 27 heavy (non-hydrogen) atoms. The first-order chi connectivity index (χ1) is 12.3. The van der Waals surface area contributed by atoms with Gasteiger partial charge >= 0.3 is 29.8 Å². The van der Waals surface area contributed by atoms with Crippen LogP contribution in [0.2, 0.25) is 0 Å². The molecule has 0 N–H and O–H groups in total. The van der Waals surface area contributed by atoms with Gasteiger partial charge in [0.25, 0.3) is 0 Å². The molecule has 0 saturated carbocycles. The zero-order valence-electron chi connectivity index (χ0n) is 14.8. The second-order valence-electron chi connectivity index (χ2n) is 5.76. The van der Waals surface area contributed by atoms with Crippen LogP contribution in [-0.2, 0) is 33.3 Å². The summed E-state index contributed by atoms with van der Waals surface area (Å²) in [6, 6.07) is 0. The third-order valence-electron chi connectivity index (χ3n) is 3.58. The number of rotatable bonds is 8. The summed E-state index contributed by atoms with van der Waals surface area (Å²) >= 11 is 0. The maximum absolute atomic E-state index is 15.0. The average Bonchev–Trinajstić information content (AvgIpc) is 2.72. The van der Waals surface area contributed by atoms with E-state index in [9.17, 15) is 22.8 Å². The molecular formula is C15H19F5O7. The van der Waals surface area contributed by atoms with Crippen LogP contribution in [0.1, 0.15) is 13.8 Å². The standard InChI is InChI=1S/C15H19F5O7/c1-9(2)11(22)27-12(7-23-4)8-26-14(13(12,16)17,15(18,19)20)25-6-5-24-10(3)21/h1,5-8H2,2-4H3. The first kappa shape index (κ1) is 23.2. The smallest absolute Gasteiger partial charge is 0.450 e. The molecule has 0 aromatic rings. The number of ether oxygens (including phenoxy) is 5. The molecule has 156 valence electrons. The second-order valence-corrected chi connectivity index (χ2v) is 5.76. The Morgan fingerprint density at radius 1 is 1.19 bits per heavy atom. The molecule has 12 heteroatoms. The van der Waals surface area contributed by atoms with Crippen LogP contribution in [0.15, 0.2) is 12.2 Å². The SMILES string of the molecule is C=C(C)C(=O)OC1(COC)COC(OCCOC(C)=O)(C(F)(F)F)C1(F)F. The van der Waals surface area contributed by atoms with Crippen molar-refractivity contribution in [3.05, 3.63) is 12.2 Å². The summed E-state index contributed by atoms with van der Waals surface area (Å²) in [6.07, 6.45) is -5.72. The molecule has 1 aliphatic heterocycles. The van der Waals surface area contributed by atoms with Crippen LogP contribution in [0.5, 0.6) is 0 Å². The molecule has 0 spiro atoms. The summed E-state index contributed by atoms with van der Waals surface area (Å²) < 4.78 is 92.8. The van der Waals surface area contributed by atoms with Gasteiger partial charge in [-0.2, -0.15) is 22.0 Å². The van der Waals surface area contributed by atoms with Gasteiger partial charge in [-0.25, -0.2) is 4.79 Å². The van der Waals surface area contributed by atoms with Crippen LogP contribution >= 0.6 is 0 Å². The third kappa shape index (κ3) is 4.22. The lowest BCUT2D eigenvalue weighted by Gasteiger charge is -2.39. The molecule has 1 rings (SSSR count). The normalized spacial score (nSPS) is 27.3. The Hall–Kier alpha value is -1.79. The molecule has 0 amide bonds. The number of carbonyl (C=O) groups is 2. The van der Waals surface area contributed by atoms with Crippen LogP contribution in [0, 0.1) is 0 Å². The van der Waals surface area contributed by atoms with Crippen molar-refractivity contribution in [2.24, 2.45) is 0 Å². The predicted octanol–water partition coefficient (Wildman–Crippen LogP) is 1.99. The number of esters is 2. The van der Waals surface area contributed by atoms with E-state index in [1.54, 1.807) is 0 Å². The fourth-order valence-corrected chi connectivity index (χ4v) is 2.30. The van der Waals surface area contributed by atoms with E-state index in [1.807, 2.05) is 0 Å². The van der Waals surface area contributed by atoms with Crippen molar-refractivity contribution in [2.45, 2.75) is 37.3 Å². The van der Waals surface area contributed by atoms with Gasteiger partial charge in [-0.15, -0.1) is 0 Å². The highest BCUT2D eigenvalue weighted by atomic mass is 19.4. The molecule has 0 aliphatic carbocycles. The first-order valence-corrected chi connectivity index (χ1v) is 7.50. The largest absolute Gasteiger partial charge is 0.463 e. The summed E-state index contributed by atoms with van der Waals surface area (Å²) in [5.41, 5.74) is -3.43. The monoisotopic (exact) mass is 406 g/mol. The molecule has 0 aromatic carbocycles. The van der Waals surface area contributed by atoms with E-state index in [2.05, 4.69) is 30.3 Å². The molecular weight excluding hydrogens is 387 g/mol. The van der Waals surface area contributed by atoms with E-state index < -0.39 is 61.9 Å². The van der Waals surface area contributed by atoms with Gasteiger partial charge in [-0.1, -0.05) is 6.58 Å². The molecule has 1 aliphatic rings. The van der Waals surface area contributed by atoms with Gasteiger partial charge in [-0.3, -0.25) is 4.79 Å². The first-order valence-electron chi connectivity index (χ1n) is 7.50. The van der Waals surface area contributed by atoms with Gasteiger partial charge in [0.1, 0.15) is 6.61 Å². The predicted molar refractivity (Wildman–Crippen MR) is 77.8 cm³/mol. The Balaban J connectivity index is 3.27. The molecule has 0 radical (unpaired) electrons. The summed E-state index contributed by atoms with van der Waals surface area (Å²) in [5.74, 6) is -11.5. The van der Waals surface area contributed by atoms with Crippen LogP contribution < -0.4 is 0 Å². The van der Waals surface area contributed by atoms with Crippen molar-refractivity contribution in [2.75, 3.05) is 33.5 Å². The van der Waals surface area contributed by atoms with Crippen molar-refractivity contribution in [1.29, 1.82) is 0 Å². The average molecular weight is 406 g/mol. The Kier molecular flexibility index (Phi) is 6.95. The van der Waals surface area contributed by atoms with E-state index in [4.69, 9.17) is 0 Å². The van der Waals surface area contributed by atoms with Gasteiger partial charge in [-0.05, 0) is 6.92 Å². The highest BCUT2D eigenvalue weighted by Gasteiger charge is 2.85. The number of methoxy groups -OCH3 is 1. The maximum atomic E-state index is 15.0. The minimum atomic E-state index is -5.72. The summed E-state index contributed by atoms with van der Waals surface area (Å²) in [6.45, 7) is 1.05. The summed E-state index contributed by atoms with van der Waals surface area (Å²) in [7, 11) is 0.932. The summed E-state index contributed by atoms with van der Waals surface area (Å²) in [4.78, 5) is 22.4. The van der Waals surface area contributed by atoms with Crippen molar-refractivity contribution in [1.82, 2.24) is 0 Å². The Morgan fingerprint density at radius 2 is 1.78 bits per heavy atom. The van der Waals surface area contributed by atoms with Gasteiger partial charge in [0.05, 0.1) is 19.8 Å². The molecule has 1 saturated heterocycles. The number of carbonyl (C=O) groups excluding carboxylic acids is 2. The highest BCUT2D eigenvalue weighted by Crippen LogP contribution is 2.56. The number of halogens is 5. The molecule has 0 bridgehead atoms. The van der Waals surface area contributed by atoms with Crippen LogP contribution in [0.3, 0.4) is 0 Å². The lowest BCUT2D eigenvalue weighted by Crippen LogP contribution is -2.67. The van der Waals surface area contributed by atoms with E-state index >= 15 is 8.78 Å². The van der Waals surface area contributed by atoms with Gasteiger partial charge in [0.2, 0.25) is 5.60 Å². The van der Waals surface area contributed by atoms with E-state index in [0.717, 1.165) is 21.0 Å². The molecule has 7 nitrogen and oxygen atoms in total. The molecule has 0 aromatic heterocycles. The minimum absolute atomic E-state index is 0.318. The lowest BCUT2D eigenvalue weighted by atomic mass is 9.92. The lowest BCUT2D eigenvalue weighted by molar-refractivity contribution is -0.424. The topological polar surface area (TPSA) is 80.3 Å². The number of hydrogen-bond acceptors (Lipinski definition) is 7. The van der Waals surface area contributed by atoms with E-state index in [1.165, 1.54) is 0 Å². The fraction of sp³-hybridized carbons (Fsp3) is 0.733. The highest BCUT2D eigenvalue weighted by molar-refractivity contribution is 5.87. The van der Waals surface area contributed by atoms with Gasteiger partial charge in [0.15, 0.2) is 0 Å². The number of alkyl halides is 5. The Morgan fingerprint density at radius 3 is 2.22 bits per heavy atom. The maximum Gasteiger partial charge on any atom is 0.450 e. The van der Waals surface area contributed by atoms with Crippen molar-refractivity contribution >= 4 is 11.9 Å². The van der Waals surface area contributed by atoms with Gasteiger partial charge < -0.3 is 23.7 Å². The van der Waals surface area contributed by atoms with E-state index in [0.29, 0.717) is 0 Å². The molecule has 2 unspecified atom stereocenters. The van der Waals surface area contributed by atoms with Crippen LogP contribution in [0.4, 0.5) is 22.0 Å². The van der Waals surface area contributed by atoms with Crippen LogP contribution in [-0.4, -0.2) is 69.0 Å². The third-order valence-corrected chi connectivity index (χ3v) is 3.58. The van der Waals surface area contributed by atoms with E-state index in [-0.39, 0.29) is 5.57 Å². The quantitative estimate of drug-likeness (QED) is 0.264. The van der Waals surface area contributed by atoms with Crippen molar-refractivity contribution < 1.29 is 55.2 Å². The zero-order valence-corrected chi connectivity index (χ0v) is 14.8.